The quantitative estimate of drug-likeness (QED) is 0.601. The first-order valence-corrected chi connectivity index (χ1v) is 13.4. The van der Waals surface area contributed by atoms with Gasteiger partial charge in [0.2, 0.25) is 0 Å². The Morgan fingerprint density at radius 2 is 1.84 bits per heavy atom. The maximum absolute atomic E-state index is 10.6. The van der Waals surface area contributed by atoms with Gasteiger partial charge in [-0.3, -0.25) is 0 Å². The Bertz CT molecular complexity index is 248. The molecule has 1 fully saturated rings. The second-order valence-corrected chi connectivity index (χ2v) is 12.5. The number of carbonyl (C=O) groups is 1. The molecule has 2 N–H and O–H groups in total. The molecule has 110 valence electrons. The minimum absolute atomic E-state index is 0.148. The molecule has 0 aromatic rings. The van der Waals surface area contributed by atoms with Crippen LogP contribution in [0, 0.1) is 0 Å². The fourth-order valence-electron chi connectivity index (χ4n) is 3.07. The van der Waals surface area contributed by atoms with Gasteiger partial charge in [0.05, 0.1) is 0 Å². The molecule has 0 aromatic carbocycles. The van der Waals surface area contributed by atoms with Crippen molar-refractivity contribution in [2.75, 3.05) is 13.6 Å². The average Bonchev–Trinajstić information content (AvgIpc) is 2.38. The molecule has 1 saturated heterocycles. The number of nitrogens with two attached hydrogens (primary N) is 1. The Morgan fingerprint density at radius 3 is 2.53 bits per heavy atom. The van der Waals surface area contributed by atoms with Crippen LogP contribution in [0.5, 0.6) is 0 Å². The number of rotatable bonds is 10. The molecule has 0 saturated carbocycles. The summed E-state index contributed by atoms with van der Waals surface area (Å²) < 4.78 is 2.66. The van der Waals surface area contributed by atoms with E-state index in [1.807, 2.05) is 0 Å². The first-order valence-electron chi connectivity index (χ1n) is 8.18. The first-order chi connectivity index (χ1) is 9.20. The van der Waals surface area contributed by atoms with E-state index < -0.39 is 22.9 Å². The van der Waals surface area contributed by atoms with Gasteiger partial charge in [0.1, 0.15) is 0 Å². The second-order valence-electron chi connectivity index (χ2n) is 6.11. The molecule has 0 bridgehead atoms. The van der Waals surface area contributed by atoms with Crippen LogP contribution in [0.1, 0.15) is 64.2 Å². The van der Waals surface area contributed by atoms with E-state index in [1.54, 1.807) is 4.18 Å². The van der Waals surface area contributed by atoms with Crippen LogP contribution in [-0.4, -0.2) is 51.1 Å². The van der Waals surface area contributed by atoms with Crippen LogP contribution >= 0.6 is 0 Å². The maximum atomic E-state index is 10.6. The molecule has 1 unspecified atom stereocenters. The number of nitrogens with zero attached hydrogens (tertiary/aromatic N) is 1. The van der Waals surface area contributed by atoms with Crippen molar-refractivity contribution < 1.29 is 4.79 Å². The van der Waals surface area contributed by atoms with E-state index in [0.717, 1.165) is 10.2 Å². The predicted molar refractivity (Wildman–Crippen MR) is 83.7 cm³/mol. The fourth-order valence-corrected chi connectivity index (χ4v) is 9.68. The zero-order valence-electron chi connectivity index (χ0n) is 12.7. The molecule has 0 aliphatic carbocycles. The molecule has 1 amide bonds. The number of hydrogen-bond acceptors (Lipinski definition) is 2. The normalized spacial score (nSPS) is 20.4. The second kappa shape index (κ2) is 11.0. The van der Waals surface area contributed by atoms with Gasteiger partial charge >= 0.3 is 130 Å². The van der Waals surface area contributed by atoms with Gasteiger partial charge in [-0.15, -0.1) is 0 Å². The standard InChI is InChI=1S/C9H18NO.C6H12N.In.H/c1-2-3-4-5-6-7-8-9(10)11;1-7-5-3-2-4-6-7;;/h1-8H2,(H2,10,11);5H,2-4,6H2,1H3;;. The van der Waals surface area contributed by atoms with E-state index in [4.69, 9.17) is 5.73 Å². The van der Waals surface area contributed by atoms with Crippen molar-refractivity contribution in [3.05, 3.63) is 0 Å². The van der Waals surface area contributed by atoms with Crippen molar-refractivity contribution in [3.63, 3.8) is 0 Å². The van der Waals surface area contributed by atoms with Gasteiger partial charge in [-0.25, -0.2) is 0 Å². The Labute approximate surface area is 130 Å². The molecule has 1 aliphatic rings. The molecule has 1 heterocycles. The number of carbonyl (C=O) groups excluding carboxylic acids is 1. The van der Waals surface area contributed by atoms with Gasteiger partial charge < -0.3 is 0 Å². The van der Waals surface area contributed by atoms with E-state index in [0.29, 0.717) is 6.42 Å². The number of unbranched alkanes of at least 4 members (excludes halogenated alkanes) is 5. The summed E-state index contributed by atoms with van der Waals surface area (Å²) >= 11 is -0.516. The van der Waals surface area contributed by atoms with Crippen LogP contribution in [0.2, 0.25) is 4.18 Å². The van der Waals surface area contributed by atoms with Gasteiger partial charge in [0, 0.05) is 0 Å². The number of primary amides is 1. The molecule has 3 nitrogen and oxygen atoms in total. The zero-order chi connectivity index (χ0) is 13.9. The Balaban J connectivity index is 1.84. The molecular formula is C15H31InN2O. The molecule has 19 heavy (non-hydrogen) atoms. The van der Waals surface area contributed by atoms with Crippen molar-refractivity contribution in [1.82, 2.24) is 4.90 Å². The van der Waals surface area contributed by atoms with E-state index in [1.165, 1.54) is 57.9 Å². The Hall–Kier alpha value is 0.300. The number of amides is 1. The van der Waals surface area contributed by atoms with Crippen molar-refractivity contribution in [3.8, 4) is 0 Å². The van der Waals surface area contributed by atoms with E-state index in [2.05, 4.69) is 11.9 Å². The summed E-state index contributed by atoms with van der Waals surface area (Å²) in [6.07, 6.45) is 12.6. The third-order valence-electron chi connectivity index (χ3n) is 4.38. The first kappa shape index (κ1) is 17.4. The van der Waals surface area contributed by atoms with Gasteiger partial charge in [-0.2, -0.15) is 0 Å². The van der Waals surface area contributed by atoms with Gasteiger partial charge in [0.15, 0.2) is 0 Å². The van der Waals surface area contributed by atoms with Crippen molar-refractivity contribution in [2.45, 2.75) is 72.2 Å². The summed E-state index contributed by atoms with van der Waals surface area (Å²) in [5, 5.41) is 0. The predicted octanol–water partition coefficient (Wildman–Crippen LogP) is 2.50. The summed E-state index contributed by atoms with van der Waals surface area (Å²) in [6, 6.07) is 0. The van der Waals surface area contributed by atoms with Crippen molar-refractivity contribution in [2.24, 2.45) is 5.73 Å². The summed E-state index contributed by atoms with van der Waals surface area (Å²) in [7, 11) is 2.33. The third kappa shape index (κ3) is 8.96. The molecule has 0 radical (unpaired) electrons. The van der Waals surface area contributed by atoms with Crippen LogP contribution in [-0.2, 0) is 4.79 Å². The van der Waals surface area contributed by atoms with E-state index in [9.17, 15) is 4.79 Å². The van der Waals surface area contributed by atoms with Gasteiger partial charge in [-0.05, 0) is 0 Å². The van der Waals surface area contributed by atoms with Crippen LogP contribution in [0.4, 0.5) is 0 Å². The Kier molecular flexibility index (Phi) is 10.1. The van der Waals surface area contributed by atoms with Crippen LogP contribution < -0.4 is 5.73 Å². The summed E-state index contributed by atoms with van der Waals surface area (Å²) in [4.78, 5) is 13.2. The number of hydrogen-bond donors (Lipinski definition) is 1. The molecule has 1 aliphatic heterocycles. The SMILES string of the molecule is CN1CCCC[CH]1[InH][CH2]CCCCCCCC(N)=O. The summed E-state index contributed by atoms with van der Waals surface area (Å²) in [5.74, 6) is -0.148. The zero-order valence-corrected chi connectivity index (χ0v) is 16.7. The number of likely N-dealkylation sites (tertiary alicyclic amines) is 1. The molecule has 1 rings (SSSR count). The minimum atomic E-state index is -0.516. The molecule has 0 spiro atoms. The van der Waals surface area contributed by atoms with Crippen LogP contribution in [0.25, 0.3) is 0 Å². The van der Waals surface area contributed by atoms with Crippen LogP contribution in [0.15, 0.2) is 0 Å². The Morgan fingerprint density at radius 1 is 1.16 bits per heavy atom. The molecule has 1 atom stereocenters. The van der Waals surface area contributed by atoms with E-state index >= 15 is 0 Å². The van der Waals surface area contributed by atoms with Crippen molar-refractivity contribution >= 4 is 28.8 Å². The molecular weight excluding hydrogens is 339 g/mol. The monoisotopic (exact) mass is 370 g/mol. The average molecular weight is 370 g/mol. The van der Waals surface area contributed by atoms with Gasteiger partial charge in [-0.1, -0.05) is 0 Å². The fraction of sp³-hybridized carbons (Fsp3) is 0.933. The topological polar surface area (TPSA) is 46.3 Å². The van der Waals surface area contributed by atoms with Crippen molar-refractivity contribution in [1.29, 1.82) is 0 Å². The van der Waals surface area contributed by atoms with Crippen LogP contribution in [0.3, 0.4) is 0 Å². The third-order valence-corrected chi connectivity index (χ3v) is 11.8. The molecule has 4 heteroatoms. The summed E-state index contributed by atoms with van der Waals surface area (Å²) in [5.41, 5.74) is 5.12. The van der Waals surface area contributed by atoms with E-state index in [-0.39, 0.29) is 5.91 Å². The summed E-state index contributed by atoms with van der Waals surface area (Å²) in [6.45, 7) is 1.35. The molecule has 0 aromatic heterocycles. The van der Waals surface area contributed by atoms with Gasteiger partial charge in [0.25, 0.3) is 0 Å². The number of piperidine rings is 1.